The standard InChI is InChI=1S/C21H23N5O/c1-24-19-17(6-4-11-22-19)23-21(24)25-12-8-16(9-13-25)20(27)26-14-10-15-5-2-3-7-18(15)26/h2-7,11,16H,8-10,12-14H2,1H3. The highest BCUT2D eigenvalue weighted by Gasteiger charge is 2.33. The van der Waals surface area contributed by atoms with Crippen LogP contribution in [-0.4, -0.2) is 40.1 Å². The van der Waals surface area contributed by atoms with Crippen LogP contribution in [0.15, 0.2) is 42.6 Å². The van der Waals surface area contributed by atoms with Gasteiger partial charge in [-0.2, -0.15) is 0 Å². The van der Waals surface area contributed by atoms with Crippen molar-refractivity contribution in [3.63, 3.8) is 0 Å². The van der Waals surface area contributed by atoms with Crippen LogP contribution in [0.1, 0.15) is 18.4 Å². The predicted molar refractivity (Wildman–Crippen MR) is 106 cm³/mol. The fourth-order valence-corrected chi connectivity index (χ4v) is 4.41. The number of carbonyl (C=O) groups is 1. The molecule has 0 atom stereocenters. The molecule has 1 aromatic carbocycles. The average molecular weight is 361 g/mol. The number of nitrogens with zero attached hydrogens (tertiary/aromatic N) is 5. The first-order valence-corrected chi connectivity index (χ1v) is 9.64. The van der Waals surface area contributed by atoms with Gasteiger partial charge < -0.3 is 9.80 Å². The molecule has 4 heterocycles. The first-order valence-electron chi connectivity index (χ1n) is 9.64. The topological polar surface area (TPSA) is 54.3 Å². The monoisotopic (exact) mass is 361 g/mol. The van der Waals surface area contributed by atoms with Crippen molar-refractivity contribution in [3.8, 4) is 0 Å². The third-order valence-corrected chi connectivity index (χ3v) is 5.88. The van der Waals surface area contributed by atoms with Crippen molar-refractivity contribution in [2.45, 2.75) is 19.3 Å². The molecular weight excluding hydrogens is 338 g/mol. The Balaban J connectivity index is 1.30. The van der Waals surface area contributed by atoms with Gasteiger partial charge in [0, 0.05) is 44.5 Å². The lowest BCUT2D eigenvalue weighted by molar-refractivity contribution is -0.122. The predicted octanol–water partition coefficient (Wildman–Crippen LogP) is 2.77. The van der Waals surface area contributed by atoms with Gasteiger partial charge in [0.25, 0.3) is 0 Å². The molecule has 27 heavy (non-hydrogen) atoms. The van der Waals surface area contributed by atoms with E-state index in [4.69, 9.17) is 4.98 Å². The molecule has 0 spiro atoms. The molecule has 1 fully saturated rings. The molecule has 0 radical (unpaired) electrons. The largest absolute Gasteiger partial charge is 0.342 e. The zero-order valence-electron chi connectivity index (χ0n) is 15.5. The minimum absolute atomic E-state index is 0.0974. The summed E-state index contributed by atoms with van der Waals surface area (Å²) in [5, 5.41) is 0. The molecule has 2 aliphatic rings. The average Bonchev–Trinajstić information content (AvgIpc) is 3.29. The van der Waals surface area contributed by atoms with Gasteiger partial charge in [-0.25, -0.2) is 9.97 Å². The highest BCUT2D eigenvalue weighted by Crippen LogP contribution is 2.32. The number of anilines is 2. The van der Waals surface area contributed by atoms with Crippen LogP contribution in [0, 0.1) is 5.92 Å². The van der Waals surface area contributed by atoms with Gasteiger partial charge in [-0.3, -0.25) is 9.36 Å². The normalized spacial score (nSPS) is 17.5. The summed E-state index contributed by atoms with van der Waals surface area (Å²) in [6, 6.07) is 12.2. The number of aryl methyl sites for hydroxylation is 1. The van der Waals surface area contributed by atoms with Gasteiger partial charge >= 0.3 is 0 Å². The number of piperidine rings is 1. The molecule has 1 saturated heterocycles. The molecule has 2 aromatic heterocycles. The minimum Gasteiger partial charge on any atom is -0.342 e. The molecule has 5 rings (SSSR count). The molecule has 0 bridgehead atoms. The maximum Gasteiger partial charge on any atom is 0.230 e. The Labute approximate surface area is 158 Å². The van der Waals surface area contributed by atoms with E-state index < -0.39 is 0 Å². The van der Waals surface area contributed by atoms with Gasteiger partial charge in [-0.1, -0.05) is 18.2 Å². The van der Waals surface area contributed by atoms with Gasteiger partial charge in [0.15, 0.2) is 5.65 Å². The Morgan fingerprint density at radius 1 is 1.07 bits per heavy atom. The maximum absolute atomic E-state index is 13.1. The molecule has 0 N–H and O–H groups in total. The number of rotatable bonds is 2. The van der Waals surface area contributed by atoms with E-state index in [0.29, 0.717) is 0 Å². The summed E-state index contributed by atoms with van der Waals surface area (Å²) in [5.41, 5.74) is 4.21. The SMILES string of the molecule is Cn1c(N2CCC(C(=O)N3CCc4ccccc43)CC2)nc2cccnc21. The lowest BCUT2D eigenvalue weighted by Crippen LogP contribution is -2.42. The Hall–Kier alpha value is -2.89. The van der Waals surface area contributed by atoms with Crippen molar-refractivity contribution in [2.75, 3.05) is 29.4 Å². The van der Waals surface area contributed by atoms with Gasteiger partial charge in [-0.15, -0.1) is 0 Å². The van der Waals surface area contributed by atoms with Crippen LogP contribution >= 0.6 is 0 Å². The van der Waals surface area contributed by atoms with E-state index in [1.807, 2.05) is 34.7 Å². The first-order chi connectivity index (χ1) is 13.2. The molecule has 6 heteroatoms. The summed E-state index contributed by atoms with van der Waals surface area (Å²) in [5.74, 6) is 1.33. The molecular formula is C21H23N5O. The number of benzene rings is 1. The number of imidazole rings is 1. The number of para-hydroxylation sites is 1. The third-order valence-electron chi connectivity index (χ3n) is 5.88. The smallest absolute Gasteiger partial charge is 0.230 e. The number of pyridine rings is 1. The number of hydrogen-bond acceptors (Lipinski definition) is 4. The number of fused-ring (bicyclic) bond motifs is 2. The van der Waals surface area contributed by atoms with E-state index in [1.54, 1.807) is 6.20 Å². The van der Waals surface area contributed by atoms with Gasteiger partial charge in [0.05, 0.1) is 0 Å². The molecule has 1 amide bonds. The van der Waals surface area contributed by atoms with E-state index in [0.717, 1.165) is 61.7 Å². The van der Waals surface area contributed by atoms with Crippen LogP contribution in [0.2, 0.25) is 0 Å². The van der Waals surface area contributed by atoms with Crippen LogP contribution in [0.4, 0.5) is 11.6 Å². The first kappa shape index (κ1) is 16.3. The van der Waals surface area contributed by atoms with Crippen molar-refractivity contribution in [3.05, 3.63) is 48.2 Å². The summed E-state index contributed by atoms with van der Waals surface area (Å²) < 4.78 is 2.05. The van der Waals surface area contributed by atoms with Gasteiger partial charge in [0.1, 0.15) is 5.52 Å². The van der Waals surface area contributed by atoms with Crippen molar-refractivity contribution in [1.82, 2.24) is 14.5 Å². The molecule has 138 valence electrons. The van der Waals surface area contributed by atoms with Crippen molar-refractivity contribution < 1.29 is 4.79 Å². The zero-order chi connectivity index (χ0) is 18.4. The Bertz CT molecular complexity index is 1000. The Kier molecular flexibility index (Phi) is 3.85. The van der Waals surface area contributed by atoms with Crippen LogP contribution in [0.5, 0.6) is 0 Å². The quantitative estimate of drug-likeness (QED) is 0.704. The second kappa shape index (κ2) is 6.37. The lowest BCUT2D eigenvalue weighted by atomic mass is 9.95. The van der Waals surface area contributed by atoms with Crippen molar-refractivity contribution >= 4 is 28.7 Å². The fraction of sp³-hybridized carbons (Fsp3) is 0.381. The van der Waals surface area contributed by atoms with E-state index in [2.05, 4.69) is 28.1 Å². The Morgan fingerprint density at radius 3 is 2.70 bits per heavy atom. The number of carbonyl (C=O) groups excluding carboxylic acids is 1. The molecule has 6 nitrogen and oxygen atoms in total. The van der Waals surface area contributed by atoms with Crippen molar-refractivity contribution in [1.29, 1.82) is 0 Å². The van der Waals surface area contributed by atoms with E-state index in [9.17, 15) is 4.79 Å². The molecule has 0 unspecified atom stereocenters. The van der Waals surface area contributed by atoms with Crippen LogP contribution in [-0.2, 0) is 18.3 Å². The number of amides is 1. The van der Waals surface area contributed by atoms with Gasteiger partial charge in [0.2, 0.25) is 11.9 Å². The number of hydrogen-bond donors (Lipinski definition) is 0. The second-order valence-electron chi connectivity index (χ2n) is 7.45. The summed E-state index contributed by atoms with van der Waals surface area (Å²) in [4.78, 5) is 26.5. The summed E-state index contributed by atoms with van der Waals surface area (Å²) in [6.45, 7) is 2.51. The van der Waals surface area contributed by atoms with E-state index in [1.165, 1.54) is 5.56 Å². The highest BCUT2D eigenvalue weighted by atomic mass is 16.2. The maximum atomic E-state index is 13.1. The van der Waals surface area contributed by atoms with Crippen molar-refractivity contribution in [2.24, 2.45) is 13.0 Å². The summed E-state index contributed by atoms with van der Waals surface area (Å²) >= 11 is 0. The molecule has 0 aliphatic carbocycles. The van der Waals surface area contributed by atoms with E-state index in [-0.39, 0.29) is 11.8 Å². The number of aromatic nitrogens is 3. The van der Waals surface area contributed by atoms with Gasteiger partial charge in [-0.05, 0) is 43.0 Å². The summed E-state index contributed by atoms with van der Waals surface area (Å²) in [7, 11) is 2.01. The van der Waals surface area contributed by atoms with Crippen LogP contribution < -0.4 is 9.80 Å². The van der Waals surface area contributed by atoms with Crippen LogP contribution in [0.25, 0.3) is 11.2 Å². The second-order valence-corrected chi connectivity index (χ2v) is 7.45. The third kappa shape index (κ3) is 2.67. The zero-order valence-corrected chi connectivity index (χ0v) is 15.5. The highest BCUT2D eigenvalue weighted by molar-refractivity contribution is 5.97. The van der Waals surface area contributed by atoms with Crippen LogP contribution in [0.3, 0.4) is 0 Å². The lowest BCUT2D eigenvalue weighted by Gasteiger charge is -2.33. The minimum atomic E-state index is 0.0974. The Morgan fingerprint density at radius 2 is 1.89 bits per heavy atom. The van der Waals surface area contributed by atoms with E-state index >= 15 is 0 Å². The molecule has 3 aromatic rings. The molecule has 0 saturated carbocycles. The fourth-order valence-electron chi connectivity index (χ4n) is 4.41. The summed E-state index contributed by atoms with van der Waals surface area (Å²) in [6.07, 6.45) is 4.50. The molecule has 2 aliphatic heterocycles.